The van der Waals surface area contributed by atoms with Crippen molar-refractivity contribution in [2.45, 2.75) is 19.6 Å². The van der Waals surface area contributed by atoms with Crippen molar-refractivity contribution in [3.8, 4) is 28.7 Å². The largest absolute Gasteiger partial charge is 0.497 e. The van der Waals surface area contributed by atoms with Gasteiger partial charge in [0, 0.05) is 0 Å². The Hall–Kier alpha value is -5.31. The summed E-state index contributed by atoms with van der Waals surface area (Å²) in [6.45, 7) is 2.08. The van der Waals surface area contributed by atoms with Crippen LogP contribution < -0.4 is 29.1 Å². The molecule has 1 amide bonds. The molecule has 1 N–H and O–H groups in total. The Balaban J connectivity index is 1.27. The summed E-state index contributed by atoms with van der Waals surface area (Å²) in [5.41, 5.74) is 4.51. The number of hydrazone groups is 1. The fourth-order valence-corrected chi connectivity index (χ4v) is 3.61. The van der Waals surface area contributed by atoms with Crippen molar-refractivity contribution in [2.75, 3.05) is 14.2 Å². The molecule has 0 heterocycles. The molecular weight excluding hydrogens is 524 g/mol. The molecule has 0 bridgehead atoms. The Kier molecular flexibility index (Phi) is 9.92. The molecule has 210 valence electrons. The summed E-state index contributed by atoms with van der Waals surface area (Å²) in [4.78, 5) is 25.0. The first kappa shape index (κ1) is 28.7. The van der Waals surface area contributed by atoms with Gasteiger partial charge in [-0.15, -0.1) is 0 Å². The number of ether oxygens (including phenoxy) is 5. The molecule has 1 unspecified atom stereocenters. The molecule has 4 rings (SSSR count). The van der Waals surface area contributed by atoms with Crippen LogP contribution in [0.1, 0.15) is 28.4 Å². The van der Waals surface area contributed by atoms with E-state index in [9.17, 15) is 9.59 Å². The Labute approximate surface area is 238 Å². The van der Waals surface area contributed by atoms with Gasteiger partial charge in [0.05, 0.1) is 26.0 Å². The minimum absolute atomic E-state index is 0.244. The van der Waals surface area contributed by atoms with Gasteiger partial charge in [-0.3, -0.25) is 4.79 Å². The second kappa shape index (κ2) is 14.2. The topological polar surface area (TPSA) is 105 Å². The highest BCUT2D eigenvalue weighted by atomic mass is 16.6. The molecule has 0 aromatic heterocycles. The van der Waals surface area contributed by atoms with E-state index in [1.165, 1.54) is 13.3 Å². The number of methoxy groups -OCH3 is 2. The Morgan fingerprint density at radius 3 is 2.17 bits per heavy atom. The molecule has 9 heteroatoms. The molecule has 0 saturated heterocycles. The van der Waals surface area contributed by atoms with Crippen molar-refractivity contribution < 1.29 is 33.3 Å². The number of hydrogen-bond donors (Lipinski definition) is 1. The number of hydrogen-bond acceptors (Lipinski definition) is 8. The SMILES string of the molecule is COc1ccc(C(=O)Oc2ccc(/C=N/NC(=O)C(C)Oc3ccc(OCc4ccccc4)cc3)cc2OC)cc1. The molecule has 0 aliphatic rings. The van der Waals surface area contributed by atoms with E-state index in [1.807, 2.05) is 30.3 Å². The number of nitrogens with one attached hydrogen (secondary N) is 1. The number of carbonyl (C=O) groups excluding carboxylic acids is 2. The summed E-state index contributed by atoms with van der Waals surface area (Å²) in [5.74, 6) is 1.46. The predicted octanol–water partition coefficient (Wildman–Crippen LogP) is 5.42. The Morgan fingerprint density at radius 1 is 0.805 bits per heavy atom. The zero-order valence-electron chi connectivity index (χ0n) is 22.9. The highest BCUT2D eigenvalue weighted by molar-refractivity contribution is 5.92. The maximum Gasteiger partial charge on any atom is 0.343 e. The number of nitrogens with zero attached hydrogens (tertiary/aromatic N) is 1. The number of rotatable bonds is 12. The third-order valence-corrected chi connectivity index (χ3v) is 5.86. The van der Waals surface area contributed by atoms with Crippen molar-refractivity contribution in [2.24, 2.45) is 5.10 Å². The van der Waals surface area contributed by atoms with E-state index in [4.69, 9.17) is 23.7 Å². The quantitative estimate of drug-likeness (QED) is 0.108. The number of benzene rings is 4. The summed E-state index contributed by atoms with van der Waals surface area (Å²) in [6.07, 6.45) is 0.652. The van der Waals surface area contributed by atoms with Crippen LogP contribution in [-0.4, -0.2) is 38.4 Å². The molecule has 9 nitrogen and oxygen atoms in total. The first-order valence-electron chi connectivity index (χ1n) is 12.8. The molecule has 0 spiro atoms. The molecule has 0 aliphatic carbocycles. The van der Waals surface area contributed by atoms with Crippen LogP contribution >= 0.6 is 0 Å². The van der Waals surface area contributed by atoms with E-state index < -0.39 is 18.0 Å². The zero-order valence-corrected chi connectivity index (χ0v) is 22.9. The highest BCUT2D eigenvalue weighted by Crippen LogP contribution is 2.28. The molecule has 0 saturated carbocycles. The van der Waals surface area contributed by atoms with Gasteiger partial charge in [0.2, 0.25) is 0 Å². The normalized spacial score (nSPS) is 11.4. The minimum Gasteiger partial charge on any atom is -0.497 e. The zero-order chi connectivity index (χ0) is 29.0. The maximum atomic E-state index is 12.5. The number of carbonyl (C=O) groups is 2. The van der Waals surface area contributed by atoms with Gasteiger partial charge in [-0.1, -0.05) is 30.3 Å². The minimum atomic E-state index is -0.794. The molecule has 0 aliphatic heterocycles. The molecule has 41 heavy (non-hydrogen) atoms. The van der Waals surface area contributed by atoms with Gasteiger partial charge in [0.1, 0.15) is 23.9 Å². The third-order valence-electron chi connectivity index (χ3n) is 5.86. The van der Waals surface area contributed by atoms with Gasteiger partial charge in [0.15, 0.2) is 17.6 Å². The van der Waals surface area contributed by atoms with Crippen molar-refractivity contribution >= 4 is 18.1 Å². The van der Waals surface area contributed by atoms with Gasteiger partial charge in [-0.2, -0.15) is 5.10 Å². The van der Waals surface area contributed by atoms with E-state index in [0.29, 0.717) is 40.7 Å². The molecule has 1 atom stereocenters. The van der Waals surface area contributed by atoms with Crippen LogP contribution in [0.3, 0.4) is 0 Å². The van der Waals surface area contributed by atoms with Crippen LogP contribution in [0.4, 0.5) is 0 Å². The number of amides is 1. The summed E-state index contributed by atoms with van der Waals surface area (Å²) in [7, 11) is 3.01. The van der Waals surface area contributed by atoms with Crippen molar-refractivity contribution in [1.29, 1.82) is 0 Å². The van der Waals surface area contributed by atoms with E-state index in [0.717, 1.165) is 5.56 Å². The smallest absolute Gasteiger partial charge is 0.343 e. The van der Waals surface area contributed by atoms with Crippen LogP contribution in [0.25, 0.3) is 0 Å². The fraction of sp³-hybridized carbons (Fsp3) is 0.156. The van der Waals surface area contributed by atoms with Gasteiger partial charge in [-0.05, 0) is 84.8 Å². The summed E-state index contributed by atoms with van der Waals surface area (Å²) < 4.78 is 27.4. The van der Waals surface area contributed by atoms with Crippen LogP contribution in [-0.2, 0) is 11.4 Å². The fourth-order valence-electron chi connectivity index (χ4n) is 3.61. The molecular formula is C32H30N2O7. The summed E-state index contributed by atoms with van der Waals surface area (Å²) in [6, 6.07) is 28.4. The van der Waals surface area contributed by atoms with Crippen LogP contribution in [0.2, 0.25) is 0 Å². The second-order valence-electron chi connectivity index (χ2n) is 8.77. The summed E-state index contributed by atoms with van der Waals surface area (Å²) in [5, 5.41) is 4.00. The van der Waals surface area contributed by atoms with Gasteiger partial charge in [-0.25, -0.2) is 10.2 Å². The lowest BCUT2D eigenvalue weighted by atomic mass is 10.2. The van der Waals surface area contributed by atoms with E-state index >= 15 is 0 Å². The summed E-state index contributed by atoms with van der Waals surface area (Å²) >= 11 is 0. The lowest BCUT2D eigenvalue weighted by molar-refractivity contribution is -0.127. The number of esters is 1. The Bertz CT molecular complexity index is 1470. The van der Waals surface area contributed by atoms with Crippen LogP contribution in [0.5, 0.6) is 28.7 Å². The first-order valence-corrected chi connectivity index (χ1v) is 12.8. The second-order valence-corrected chi connectivity index (χ2v) is 8.77. The average Bonchev–Trinajstić information content (AvgIpc) is 3.01. The monoisotopic (exact) mass is 554 g/mol. The van der Waals surface area contributed by atoms with Crippen LogP contribution in [0.15, 0.2) is 102 Å². The van der Waals surface area contributed by atoms with Crippen LogP contribution in [0, 0.1) is 0 Å². The molecule has 4 aromatic carbocycles. The van der Waals surface area contributed by atoms with Crippen molar-refractivity contribution in [3.05, 3.63) is 114 Å². The van der Waals surface area contributed by atoms with Crippen molar-refractivity contribution in [1.82, 2.24) is 5.43 Å². The average molecular weight is 555 g/mol. The van der Waals surface area contributed by atoms with Crippen molar-refractivity contribution in [3.63, 3.8) is 0 Å². The molecule has 4 aromatic rings. The van der Waals surface area contributed by atoms with Gasteiger partial charge < -0.3 is 23.7 Å². The van der Waals surface area contributed by atoms with Gasteiger partial charge in [0.25, 0.3) is 5.91 Å². The van der Waals surface area contributed by atoms with E-state index in [1.54, 1.807) is 80.8 Å². The molecule has 0 radical (unpaired) electrons. The predicted molar refractivity (Wildman–Crippen MR) is 154 cm³/mol. The van der Waals surface area contributed by atoms with Gasteiger partial charge >= 0.3 is 5.97 Å². The Morgan fingerprint density at radius 2 is 1.49 bits per heavy atom. The maximum absolute atomic E-state index is 12.5. The lowest BCUT2D eigenvalue weighted by Crippen LogP contribution is -2.33. The van der Waals surface area contributed by atoms with E-state index in [-0.39, 0.29) is 5.75 Å². The molecule has 0 fully saturated rings. The lowest BCUT2D eigenvalue weighted by Gasteiger charge is -2.13. The third kappa shape index (κ3) is 8.34. The highest BCUT2D eigenvalue weighted by Gasteiger charge is 2.15. The first-order chi connectivity index (χ1) is 19.9. The standard InChI is InChI=1S/C32H30N2O7/c1-22(40-28-16-14-27(15-17-28)39-21-23-7-5-4-6-8-23)31(35)34-33-20-24-9-18-29(30(19-24)38-3)41-32(36)25-10-12-26(37-2)13-11-25/h4-20,22H,21H2,1-3H3,(H,34,35)/b33-20+. The van der Waals surface area contributed by atoms with E-state index in [2.05, 4.69) is 10.5 Å².